The Hall–Kier alpha value is -6.88. The molecule has 0 aromatic heterocycles. The largest absolute Gasteiger partial charge is 0.501 e. The Bertz CT molecular complexity index is 3800. The fraction of sp³-hybridized carbons (Fsp3) is 0.439. The van der Waals surface area contributed by atoms with Crippen LogP contribution in [0.2, 0.25) is 5.02 Å². The molecule has 27 heteroatoms. The molecule has 0 saturated carbocycles. The number of anilines is 3. The molecule has 1 aliphatic carbocycles. The number of allylic oxidation sites excluding steroid dienone is 1. The lowest BCUT2D eigenvalue weighted by atomic mass is 9.73. The number of alkyl halides is 3. The molecule has 4 N–H and O–H groups in total. The van der Waals surface area contributed by atoms with E-state index in [-0.39, 0.29) is 41.6 Å². The molecule has 20 nitrogen and oxygen atoms in total. The van der Waals surface area contributed by atoms with Crippen LogP contribution in [0.4, 0.5) is 30.2 Å². The number of nitrogens with zero attached hydrogens (tertiary/aromatic N) is 5. The predicted octanol–water partition coefficient (Wildman–Crippen LogP) is 8.67. The third kappa shape index (κ3) is 17.3. The number of rotatable bonds is 27. The highest BCUT2D eigenvalue weighted by Gasteiger charge is 2.49. The van der Waals surface area contributed by atoms with Crippen molar-refractivity contribution in [3.8, 4) is 0 Å². The first-order chi connectivity index (χ1) is 44.4. The van der Waals surface area contributed by atoms with Crippen molar-refractivity contribution in [3.05, 3.63) is 148 Å². The molecule has 10 rings (SSSR count). The van der Waals surface area contributed by atoms with E-state index in [1.54, 1.807) is 24.3 Å². The van der Waals surface area contributed by atoms with Gasteiger partial charge in [0.25, 0.3) is 37.6 Å². The molecule has 498 valence electrons. The quantitative estimate of drug-likeness (QED) is 0.0219. The van der Waals surface area contributed by atoms with E-state index in [0.717, 1.165) is 66.5 Å². The molecule has 5 aliphatic rings. The molecule has 4 heterocycles. The van der Waals surface area contributed by atoms with Crippen LogP contribution in [-0.2, 0) is 38.9 Å². The second-order valence-corrected chi connectivity index (χ2v) is 29.7. The Balaban J connectivity index is 0.687. The molecule has 2 atom stereocenters. The number of piperidine rings is 1. The number of sulfonamides is 1. The lowest BCUT2D eigenvalue weighted by molar-refractivity contribution is -0.136. The van der Waals surface area contributed by atoms with E-state index in [1.807, 2.05) is 47.2 Å². The number of imide groups is 2. The van der Waals surface area contributed by atoms with E-state index in [1.165, 1.54) is 46.7 Å². The highest BCUT2D eigenvalue weighted by molar-refractivity contribution is 7.99. The standard InChI is InChI=1S/C66H77ClF3N9O11S3/c1-65(2)25-23-53(45-11-15-48(67)16-12-45)47(42-65)43-77-32-34-78(35-33-77)50-17-13-46(14-18-50)61(81)74-93(87,88)52-19-20-55(58(41-52)92(85,86)66(68,69)70)72-49(44-91-51-7-4-3-5-8-51)24-27-75-28-30-76(31-29-75)36-38-90-40-39-89-37-26-71-56-10-6-9-54-60(56)64(84)79(63(54)83)57-21-22-59(80)73-62(57)82/h3-20,41,49,57,71-72H,21-40,42-44H2,1-2H3,(H,74,81)(H,73,80,82)/t49-,57-/m1/s1. The number of thioether (sulfide) groups is 1. The van der Waals surface area contributed by atoms with Crippen LogP contribution in [0.1, 0.15) is 89.0 Å². The number of ether oxygens (including phenoxy) is 2. The Kier molecular flexibility index (Phi) is 22.4. The van der Waals surface area contributed by atoms with Gasteiger partial charge in [-0.1, -0.05) is 67.4 Å². The van der Waals surface area contributed by atoms with Crippen molar-refractivity contribution in [3.63, 3.8) is 0 Å². The van der Waals surface area contributed by atoms with Crippen molar-refractivity contribution >= 4 is 95.4 Å². The van der Waals surface area contributed by atoms with Crippen molar-refractivity contribution in [2.75, 3.05) is 126 Å². The summed E-state index contributed by atoms with van der Waals surface area (Å²) in [5.41, 5.74) is -0.466. The zero-order valence-corrected chi connectivity index (χ0v) is 55.1. The first-order valence-electron chi connectivity index (χ1n) is 31.1. The molecule has 93 heavy (non-hydrogen) atoms. The number of hydrogen-bond donors (Lipinski definition) is 4. The maximum Gasteiger partial charge on any atom is 0.501 e. The third-order valence-electron chi connectivity index (χ3n) is 17.5. The molecular weight excluding hydrogens is 1280 g/mol. The van der Waals surface area contributed by atoms with Gasteiger partial charge in [-0.25, -0.2) is 21.6 Å². The fourth-order valence-electron chi connectivity index (χ4n) is 12.3. The van der Waals surface area contributed by atoms with Gasteiger partial charge in [-0.2, -0.15) is 13.2 Å². The Morgan fingerprint density at radius 2 is 1.43 bits per heavy atom. The summed E-state index contributed by atoms with van der Waals surface area (Å²) in [5.74, 6) is -3.07. The highest BCUT2D eigenvalue weighted by Crippen LogP contribution is 2.43. The second kappa shape index (κ2) is 30.2. The monoisotopic (exact) mass is 1360 g/mol. The minimum atomic E-state index is -6.14. The van der Waals surface area contributed by atoms with Gasteiger partial charge >= 0.3 is 5.51 Å². The summed E-state index contributed by atoms with van der Waals surface area (Å²) in [7, 11) is -11.1. The van der Waals surface area contributed by atoms with Crippen LogP contribution in [0.5, 0.6) is 0 Å². The van der Waals surface area contributed by atoms with Crippen LogP contribution >= 0.6 is 23.4 Å². The van der Waals surface area contributed by atoms with Gasteiger partial charge in [0.15, 0.2) is 0 Å². The van der Waals surface area contributed by atoms with Crippen LogP contribution in [0.3, 0.4) is 0 Å². The minimum absolute atomic E-state index is 0.0220. The molecule has 0 radical (unpaired) electrons. The first-order valence-corrected chi connectivity index (χ1v) is 35.5. The van der Waals surface area contributed by atoms with Gasteiger partial charge < -0.3 is 29.9 Å². The number of carbonyl (C=O) groups excluding carboxylic acids is 5. The predicted molar refractivity (Wildman–Crippen MR) is 351 cm³/mol. The summed E-state index contributed by atoms with van der Waals surface area (Å²) < 4.78 is 111. The summed E-state index contributed by atoms with van der Waals surface area (Å²) in [6.07, 6.45) is 3.56. The van der Waals surface area contributed by atoms with E-state index < -0.39 is 82.5 Å². The van der Waals surface area contributed by atoms with Crippen LogP contribution in [0.25, 0.3) is 5.57 Å². The number of hydrogen-bond acceptors (Lipinski definition) is 18. The fourth-order valence-corrected chi connectivity index (χ4v) is 15.5. The molecule has 0 bridgehead atoms. The number of fused-ring (bicyclic) bond motifs is 1. The third-order valence-corrected chi connectivity index (χ3v) is 21.8. The number of halogens is 4. The lowest BCUT2D eigenvalue weighted by Gasteiger charge is -2.39. The van der Waals surface area contributed by atoms with E-state index in [2.05, 4.69) is 61.5 Å². The SMILES string of the molecule is CC1(C)CCC(c2ccc(Cl)cc2)=C(CN2CCN(c3ccc(C(=O)NS(=O)(=O)c4ccc(N[C@H](CCN5CCN(CCOCCOCCNc6cccc7c6C(=O)N([C@@H]6CCC(=O)NC6=O)C7=O)CC5)CSc5ccccc5)c(S(=O)(=O)C(F)(F)F)c4)cc3)CC2)C1. The van der Waals surface area contributed by atoms with Gasteiger partial charge in [0.05, 0.1) is 48.1 Å². The molecule has 4 aliphatic heterocycles. The van der Waals surface area contributed by atoms with Gasteiger partial charge in [0.2, 0.25) is 11.8 Å². The molecule has 0 spiro atoms. The number of nitrogens with one attached hydrogen (secondary N) is 4. The number of benzene rings is 5. The number of piperazine rings is 2. The molecule has 3 saturated heterocycles. The van der Waals surface area contributed by atoms with Crippen LogP contribution in [0, 0.1) is 5.41 Å². The smallest absolute Gasteiger partial charge is 0.382 e. The maximum atomic E-state index is 14.5. The minimum Gasteiger partial charge on any atom is -0.382 e. The topological polar surface area (TPSA) is 236 Å². The second-order valence-electron chi connectivity index (χ2n) is 24.5. The molecule has 3 fully saturated rings. The number of amides is 5. The van der Waals surface area contributed by atoms with Crippen molar-refractivity contribution in [2.24, 2.45) is 5.41 Å². The van der Waals surface area contributed by atoms with Gasteiger partial charge in [0, 0.05) is 124 Å². The lowest BCUT2D eigenvalue weighted by Crippen LogP contribution is -2.54. The average Bonchev–Trinajstić information content (AvgIpc) is 1.77. The molecule has 5 aromatic carbocycles. The van der Waals surface area contributed by atoms with Crippen LogP contribution in [0.15, 0.2) is 136 Å². The molecule has 5 aromatic rings. The van der Waals surface area contributed by atoms with E-state index >= 15 is 0 Å². The van der Waals surface area contributed by atoms with E-state index in [0.29, 0.717) is 108 Å². The first kappa shape index (κ1) is 69.0. The summed E-state index contributed by atoms with van der Waals surface area (Å²) in [6, 6.07) is 29.3. The summed E-state index contributed by atoms with van der Waals surface area (Å²) >= 11 is 7.64. The Morgan fingerprint density at radius 1 is 0.753 bits per heavy atom. The zero-order valence-electron chi connectivity index (χ0n) is 51.9. The van der Waals surface area contributed by atoms with Crippen molar-refractivity contribution in [1.82, 2.24) is 29.6 Å². The molecule has 0 unspecified atom stereocenters. The van der Waals surface area contributed by atoms with Gasteiger partial charge in [-0.3, -0.25) is 44.0 Å². The summed E-state index contributed by atoms with van der Waals surface area (Å²) in [4.78, 5) is 73.0. The molecule has 5 amide bonds. The zero-order chi connectivity index (χ0) is 66.1. The van der Waals surface area contributed by atoms with Gasteiger partial charge in [-0.05, 0) is 128 Å². The van der Waals surface area contributed by atoms with Gasteiger partial charge in [-0.15, -0.1) is 11.8 Å². The van der Waals surface area contributed by atoms with E-state index in [9.17, 15) is 54.0 Å². The van der Waals surface area contributed by atoms with E-state index in [4.69, 9.17) is 21.1 Å². The normalized spacial score (nSPS) is 19.0. The Morgan fingerprint density at radius 3 is 2.12 bits per heavy atom. The van der Waals surface area contributed by atoms with Gasteiger partial charge in [0.1, 0.15) is 10.9 Å². The molecular formula is C66H77ClF3N9O11S3. The maximum absolute atomic E-state index is 14.5. The van der Waals surface area contributed by atoms with Crippen molar-refractivity contribution in [1.29, 1.82) is 0 Å². The highest BCUT2D eigenvalue weighted by atomic mass is 35.5. The Labute approximate surface area is 549 Å². The van der Waals surface area contributed by atoms with Crippen LogP contribution in [-0.4, -0.2) is 194 Å². The number of carbonyl (C=O) groups is 5. The summed E-state index contributed by atoms with van der Waals surface area (Å²) in [5, 5.41) is 9.08. The van der Waals surface area contributed by atoms with Crippen molar-refractivity contribution < 1.29 is 63.5 Å². The van der Waals surface area contributed by atoms with Crippen LogP contribution < -0.4 is 25.6 Å². The average molecular weight is 1360 g/mol. The van der Waals surface area contributed by atoms with Crippen molar-refractivity contribution in [2.45, 2.75) is 84.7 Å². The summed E-state index contributed by atoms with van der Waals surface area (Å²) in [6.45, 7) is 14.1. The number of sulfone groups is 1.